The van der Waals surface area contributed by atoms with Crippen molar-refractivity contribution in [1.29, 1.82) is 0 Å². The third-order valence-corrected chi connectivity index (χ3v) is 8.18. The number of piperidine rings is 1. The highest BCUT2D eigenvalue weighted by atomic mass is 79.9. The third kappa shape index (κ3) is 4.46. The number of rotatable bonds is 5. The molecule has 3 aliphatic rings. The minimum atomic E-state index is -0.280. The lowest BCUT2D eigenvalue weighted by atomic mass is 10.0. The van der Waals surface area contributed by atoms with Crippen LogP contribution in [0.15, 0.2) is 51.4 Å². The third-order valence-electron chi connectivity index (χ3n) is 6.87. The number of amides is 3. The van der Waals surface area contributed by atoms with Crippen molar-refractivity contribution in [3.05, 3.63) is 62.5 Å². The topological polar surface area (TPSA) is 108 Å². The molecule has 3 amide bonds. The summed E-state index contributed by atoms with van der Waals surface area (Å²) in [6.45, 7) is 1.21. The van der Waals surface area contributed by atoms with Gasteiger partial charge in [-0.1, -0.05) is 30.3 Å². The van der Waals surface area contributed by atoms with Gasteiger partial charge in [-0.25, -0.2) is 4.79 Å². The molecule has 0 bridgehead atoms. The van der Waals surface area contributed by atoms with Crippen LogP contribution in [0.25, 0.3) is 0 Å². The Morgan fingerprint density at radius 3 is 2.29 bits per heavy atom. The molecule has 0 aromatic heterocycles. The molecule has 1 saturated carbocycles. The quantitative estimate of drug-likeness (QED) is 0.362. The van der Waals surface area contributed by atoms with E-state index in [2.05, 4.69) is 42.6 Å². The molecule has 10 heteroatoms. The first kappa shape index (κ1) is 23.3. The second kappa shape index (κ2) is 9.31. The minimum absolute atomic E-state index is 0.0220. The lowest BCUT2D eigenvalue weighted by molar-refractivity contribution is -0.134. The van der Waals surface area contributed by atoms with Gasteiger partial charge in [-0.2, -0.15) is 5.01 Å². The van der Waals surface area contributed by atoms with Gasteiger partial charge < -0.3 is 16.0 Å². The summed E-state index contributed by atoms with van der Waals surface area (Å²) >= 11 is 6.76. The SMILES string of the molecule is Nc1c(Br)cc(C(=O)C2CC2C(=O)N2CCC(N3NC(=O)NC3c3ccccc3)CC2)cc1Br. The van der Waals surface area contributed by atoms with E-state index in [1.165, 1.54) is 0 Å². The predicted molar refractivity (Wildman–Crippen MR) is 134 cm³/mol. The maximum atomic E-state index is 13.1. The molecule has 2 saturated heterocycles. The molecule has 2 aliphatic heterocycles. The van der Waals surface area contributed by atoms with E-state index in [4.69, 9.17) is 5.73 Å². The first-order valence-corrected chi connectivity index (χ1v) is 12.9. The average Bonchev–Trinajstić information content (AvgIpc) is 3.56. The predicted octanol–water partition coefficient (Wildman–Crippen LogP) is 3.83. The van der Waals surface area contributed by atoms with Crippen molar-refractivity contribution in [2.75, 3.05) is 18.8 Å². The molecule has 3 atom stereocenters. The van der Waals surface area contributed by atoms with Gasteiger partial charge in [0, 0.05) is 45.5 Å². The summed E-state index contributed by atoms with van der Waals surface area (Å²) in [4.78, 5) is 40.0. The Kier molecular flexibility index (Phi) is 6.39. The highest BCUT2D eigenvalue weighted by Gasteiger charge is 2.50. The van der Waals surface area contributed by atoms with E-state index in [9.17, 15) is 14.4 Å². The van der Waals surface area contributed by atoms with Crippen LogP contribution in [0.1, 0.15) is 41.3 Å². The number of nitrogens with one attached hydrogen (secondary N) is 2. The van der Waals surface area contributed by atoms with Gasteiger partial charge in [0.2, 0.25) is 5.91 Å². The van der Waals surface area contributed by atoms with E-state index >= 15 is 0 Å². The Balaban J connectivity index is 1.18. The average molecular weight is 591 g/mol. The molecule has 0 spiro atoms. The number of hydrogen-bond donors (Lipinski definition) is 3. The lowest BCUT2D eigenvalue weighted by Gasteiger charge is -2.38. The molecule has 2 aromatic carbocycles. The fraction of sp³-hybridized carbons (Fsp3) is 0.375. The van der Waals surface area contributed by atoms with Crippen LogP contribution in [-0.4, -0.2) is 46.8 Å². The highest BCUT2D eigenvalue weighted by molar-refractivity contribution is 9.11. The van der Waals surface area contributed by atoms with Gasteiger partial charge in [-0.3, -0.25) is 15.0 Å². The van der Waals surface area contributed by atoms with E-state index in [1.54, 1.807) is 12.1 Å². The van der Waals surface area contributed by atoms with Crippen LogP contribution in [0, 0.1) is 11.8 Å². The van der Waals surface area contributed by atoms with E-state index in [0.29, 0.717) is 39.7 Å². The zero-order chi connectivity index (χ0) is 24.0. The van der Waals surface area contributed by atoms with Gasteiger partial charge >= 0.3 is 6.03 Å². The number of carbonyl (C=O) groups is 3. The number of nitrogens with two attached hydrogens (primary N) is 1. The van der Waals surface area contributed by atoms with Gasteiger partial charge in [-0.15, -0.1) is 0 Å². The number of carbonyl (C=O) groups excluding carboxylic acids is 3. The largest absolute Gasteiger partial charge is 0.397 e. The molecule has 178 valence electrons. The fourth-order valence-electron chi connectivity index (χ4n) is 4.89. The summed E-state index contributed by atoms with van der Waals surface area (Å²) in [5.74, 6) is -0.513. The first-order chi connectivity index (χ1) is 16.3. The fourth-order valence-corrected chi connectivity index (χ4v) is 6.07. The number of hydrogen-bond acceptors (Lipinski definition) is 5. The van der Waals surface area contributed by atoms with E-state index in [1.807, 2.05) is 40.2 Å². The molecule has 2 heterocycles. The number of ketones is 1. The summed E-state index contributed by atoms with van der Waals surface area (Å²) in [6, 6.07) is 13.2. The summed E-state index contributed by atoms with van der Waals surface area (Å²) in [6.07, 6.45) is 1.85. The molecule has 5 rings (SSSR count). The Morgan fingerprint density at radius 1 is 1.00 bits per heavy atom. The zero-order valence-electron chi connectivity index (χ0n) is 18.3. The van der Waals surface area contributed by atoms with Crippen LogP contribution in [-0.2, 0) is 4.79 Å². The van der Waals surface area contributed by atoms with E-state index < -0.39 is 0 Å². The monoisotopic (exact) mass is 589 g/mol. The Labute approximate surface area is 214 Å². The maximum Gasteiger partial charge on any atom is 0.330 e. The number of benzene rings is 2. The number of anilines is 1. The van der Waals surface area contributed by atoms with Gasteiger partial charge in [0.1, 0.15) is 6.17 Å². The van der Waals surface area contributed by atoms with Crippen LogP contribution < -0.4 is 16.5 Å². The number of likely N-dealkylation sites (tertiary alicyclic amines) is 1. The van der Waals surface area contributed by atoms with Crippen molar-refractivity contribution < 1.29 is 14.4 Å². The molecule has 3 unspecified atom stereocenters. The Bertz CT molecular complexity index is 1110. The van der Waals surface area contributed by atoms with E-state index in [-0.39, 0.29) is 41.8 Å². The maximum absolute atomic E-state index is 13.1. The first-order valence-electron chi connectivity index (χ1n) is 11.3. The standard InChI is InChI=1S/C24H25Br2N5O3/c25-18-10-14(11-19(26)20(18)27)21(32)16-12-17(16)23(33)30-8-6-15(7-9-30)31-22(28-24(34)29-31)13-4-2-1-3-5-13/h1-5,10-11,15-17,22H,6-9,12,27H2,(H2,28,29,34). The number of Topliss-reactive ketones (excluding diaryl/α,β-unsaturated/α-hetero) is 1. The van der Waals surface area contributed by atoms with Crippen molar-refractivity contribution in [3.63, 3.8) is 0 Å². The highest BCUT2D eigenvalue weighted by Crippen LogP contribution is 2.44. The van der Waals surface area contributed by atoms with Gasteiger partial charge in [0.25, 0.3) is 0 Å². The van der Waals surface area contributed by atoms with Crippen molar-refractivity contribution in [2.24, 2.45) is 11.8 Å². The summed E-state index contributed by atoms with van der Waals surface area (Å²) in [7, 11) is 0. The van der Waals surface area contributed by atoms with Gasteiger partial charge in [0.05, 0.1) is 5.69 Å². The van der Waals surface area contributed by atoms with Gasteiger partial charge in [0.15, 0.2) is 5.78 Å². The van der Waals surface area contributed by atoms with Crippen LogP contribution in [0.2, 0.25) is 0 Å². The molecule has 0 radical (unpaired) electrons. The molecule has 3 fully saturated rings. The molecule has 8 nitrogen and oxygen atoms in total. The van der Waals surface area contributed by atoms with Crippen LogP contribution >= 0.6 is 31.9 Å². The Morgan fingerprint density at radius 2 is 1.65 bits per heavy atom. The van der Waals surface area contributed by atoms with E-state index in [0.717, 1.165) is 18.4 Å². The molecule has 4 N–H and O–H groups in total. The Hall–Kier alpha value is -2.43. The number of halogens is 2. The molecule has 1 aliphatic carbocycles. The van der Waals surface area contributed by atoms with Crippen molar-refractivity contribution >= 4 is 55.3 Å². The second-order valence-electron chi connectivity index (χ2n) is 9.03. The van der Waals surface area contributed by atoms with Crippen LogP contribution in [0.3, 0.4) is 0 Å². The lowest BCUT2D eigenvalue weighted by Crippen LogP contribution is -2.50. The molecular weight excluding hydrogens is 566 g/mol. The van der Waals surface area contributed by atoms with Crippen molar-refractivity contribution in [1.82, 2.24) is 20.7 Å². The van der Waals surface area contributed by atoms with Crippen LogP contribution in [0.4, 0.5) is 10.5 Å². The smallest absolute Gasteiger partial charge is 0.330 e. The van der Waals surface area contributed by atoms with Crippen molar-refractivity contribution in [2.45, 2.75) is 31.5 Å². The van der Waals surface area contributed by atoms with Crippen molar-refractivity contribution in [3.8, 4) is 0 Å². The zero-order valence-corrected chi connectivity index (χ0v) is 21.5. The summed E-state index contributed by atoms with van der Waals surface area (Å²) in [5.41, 5.74) is 11.0. The van der Waals surface area contributed by atoms with Gasteiger partial charge in [-0.05, 0) is 68.8 Å². The second-order valence-corrected chi connectivity index (χ2v) is 10.7. The number of urea groups is 1. The number of nitrogens with zero attached hydrogens (tertiary/aromatic N) is 2. The molecule has 2 aromatic rings. The number of nitrogen functional groups attached to an aromatic ring is 1. The van der Waals surface area contributed by atoms with Crippen LogP contribution in [0.5, 0.6) is 0 Å². The summed E-state index contributed by atoms with van der Waals surface area (Å²) < 4.78 is 1.32. The molecule has 34 heavy (non-hydrogen) atoms. The normalized spacial score (nSPS) is 25.1. The number of hydrazine groups is 1. The molecular formula is C24H25Br2N5O3. The summed E-state index contributed by atoms with van der Waals surface area (Å²) in [5, 5.41) is 4.94. The minimum Gasteiger partial charge on any atom is -0.397 e.